The van der Waals surface area contributed by atoms with E-state index in [9.17, 15) is 4.79 Å². The van der Waals surface area contributed by atoms with Crippen molar-refractivity contribution >= 4 is 5.91 Å². The topological polar surface area (TPSA) is 56.8 Å². The lowest BCUT2D eigenvalue weighted by Gasteiger charge is -2.14. The van der Waals surface area contributed by atoms with Crippen LogP contribution in [-0.2, 0) is 17.8 Å². The van der Waals surface area contributed by atoms with E-state index in [2.05, 4.69) is 11.4 Å². The summed E-state index contributed by atoms with van der Waals surface area (Å²) in [7, 11) is 4.81. The summed E-state index contributed by atoms with van der Waals surface area (Å²) < 4.78 is 15.9. The molecule has 0 heterocycles. The van der Waals surface area contributed by atoms with Crippen LogP contribution in [0.1, 0.15) is 22.3 Å². The van der Waals surface area contributed by atoms with Gasteiger partial charge in [0.05, 0.1) is 27.8 Å². The van der Waals surface area contributed by atoms with Crippen molar-refractivity contribution in [3.05, 3.63) is 52.6 Å². The van der Waals surface area contributed by atoms with E-state index in [-0.39, 0.29) is 12.3 Å². The van der Waals surface area contributed by atoms with E-state index in [1.807, 2.05) is 38.1 Å². The zero-order valence-corrected chi connectivity index (χ0v) is 15.4. The molecule has 25 heavy (non-hydrogen) atoms. The highest BCUT2D eigenvalue weighted by atomic mass is 16.5. The van der Waals surface area contributed by atoms with Crippen LogP contribution in [0.15, 0.2) is 30.3 Å². The minimum Gasteiger partial charge on any atom is -0.496 e. The van der Waals surface area contributed by atoms with Crippen molar-refractivity contribution in [1.29, 1.82) is 0 Å². The van der Waals surface area contributed by atoms with Gasteiger partial charge in [-0.25, -0.2) is 0 Å². The molecule has 0 saturated carbocycles. The highest BCUT2D eigenvalue weighted by molar-refractivity contribution is 5.80. The van der Waals surface area contributed by atoms with Gasteiger partial charge in [-0.2, -0.15) is 0 Å². The Morgan fingerprint density at radius 3 is 2.24 bits per heavy atom. The van der Waals surface area contributed by atoms with Crippen molar-refractivity contribution in [2.45, 2.75) is 26.8 Å². The average molecular weight is 343 g/mol. The third-order valence-electron chi connectivity index (χ3n) is 4.07. The smallest absolute Gasteiger partial charge is 0.224 e. The minimum absolute atomic E-state index is 0.0555. The lowest BCUT2D eigenvalue weighted by Crippen LogP contribution is -2.25. The molecule has 0 atom stereocenters. The van der Waals surface area contributed by atoms with E-state index >= 15 is 0 Å². The quantitative estimate of drug-likeness (QED) is 0.839. The van der Waals surface area contributed by atoms with Crippen LogP contribution in [0.3, 0.4) is 0 Å². The van der Waals surface area contributed by atoms with Crippen LogP contribution < -0.4 is 19.5 Å². The van der Waals surface area contributed by atoms with E-state index in [1.165, 1.54) is 0 Å². The summed E-state index contributed by atoms with van der Waals surface area (Å²) in [5, 5.41) is 2.94. The molecule has 2 aromatic rings. The number of methoxy groups -OCH3 is 3. The molecule has 0 radical (unpaired) electrons. The Labute approximate surface area is 148 Å². The van der Waals surface area contributed by atoms with Crippen LogP contribution in [0.5, 0.6) is 17.2 Å². The van der Waals surface area contributed by atoms with E-state index in [4.69, 9.17) is 14.2 Å². The average Bonchev–Trinajstić information content (AvgIpc) is 2.61. The maximum atomic E-state index is 12.3. The molecule has 1 N–H and O–H groups in total. The van der Waals surface area contributed by atoms with Crippen LogP contribution in [0.2, 0.25) is 0 Å². The summed E-state index contributed by atoms with van der Waals surface area (Å²) >= 11 is 0. The van der Waals surface area contributed by atoms with Crippen LogP contribution in [0.25, 0.3) is 0 Å². The van der Waals surface area contributed by atoms with Crippen molar-refractivity contribution in [3.8, 4) is 17.2 Å². The first-order chi connectivity index (χ1) is 12.0. The Hall–Kier alpha value is -2.69. The first kappa shape index (κ1) is 18.6. The summed E-state index contributed by atoms with van der Waals surface area (Å²) in [6.45, 7) is 4.43. The Morgan fingerprint density at radius 1 is 0.920 bits per heavy atom. The first-order valence-corrected chi connectivity index (χ1v) is 8.10. The Kier molecular flexibility index (Phi) is 6.28. The normalized spacial score (nSPS) is 10.3. The second-order valence-corrected chi connectivity index (χ2v) is 5.91. The van der Waals surface area contributed by atoms with Crippen LogP contribution in [0.4, 0.5) is 0 Å². The lowest BCUT2D eigenvalue weighted by atomic mass is 10.0. The van der Waals surface area contributed by atoms with E-state index in [0.29, 0.717) is 18.0 Å². The number of amides is 1. The third-order valence-corrected chi connectivity index (χ3v) is 4.07. The maximum Gasteiger partial charge on any atom is 0.224 e. The van der Waals surface area contributed by atoms with E-state index < -0.39 is 0 Å². The molecular formula is C20H25NO4. The summed E-state index contributed by atoms with van der Waals surface area (Å²) in [6, 6.07) is 9.59. The van der Waals surface area contributed by atoms with Gasteiger partial charge in [0.25, 0.3) is 0 Å². The molecule has 0 aliphatic carbocycles. The molecule has 5 heteroatoms. The van der Waals surface area contributed by atoms with Gasteiger partial charge in [0.15, 0.2) is 11.5 Å². The largest absolute Gasteiger partial charge is 0.496 e. The predicted octanol–water partition coefficient (Wildman–Crippen LogP) is 3.19. The van der Waals surface area contributed by atoms with Gasteiger partial charge in [-0.15, -0.1) is 0 Å². The molecule has 0 saturated heterocycles. The number of rotatable bonds is 7. The molecule has 0 spiro atoms. The van der Waals surface area contributed by atoms with Gasteiger partial charge in [0.1, 0.15) is 5.75 Å². The molecular weight excluding hydrogens is 318 g/mol. The summed E-state index contributed by atoms with van der Waals surface area (Å²) in [5.74, 6) is 2.00. The molecule has 0 aromatic heterocycles. The van der Waals surface area contributed by atoms with Crippen molar-refractivity contribution in [1.82, 2.24) is 5.32 Å². The monoisotopic (exact) mass is 343 g/mol. The Morgan fingerprint density at radius 2 is 1.60 bits per heavy atom. The van der Waals surface area contributed by atoms with Gasteiger partial charge in [0.2, 0.25) is 5.91 Å². The van der Waals surface area contributed by atoms with Crippen LogP contribution >= 0.6 is 0 Å². The fourth-order valence-electron chi connectivity index (χ4n) is 2.78. The molecule has 0 fully saturated rings. The number of ether oxygens (including phenoxy) is 3. The van der Waals surface area contributed by atoms with Crippen LogP contribution in [-0.4, -0.2) is 27.2 Å². The number of nitrogens with one attached hydrogen (secondary N) is 1. The van der Waals surface area contributed by atoms with E-state index in [0.717, 1.165) is 28.0 Å². The van der Waals surface area contributed by atoms with Gasteiger partial charge >= 0.3 is 0 Å². The lowest BCUT2D eigenvalue weighted by molar-refractivity contribution is -0.120. The third kappa shape index (κ3) is 4.66. The molecule has 0 unspecified atom stereocenters. The number of hydrogen-bond acceptors (Lipinski definition) is 4. The van der Waals surface area contributed by atoms with Gasteiger partial charge in [0, 0.05) is 12.1 Å². The zero-order valence-electron chi connectivity index (χ0n) is 15.4. The van der Waals surface area contributed by atoms with Crippen LogP contribution in [0, 0.1) is 13.8 Å². The number of aryl methyl sites for hydroxylation is 2. The fraction of sp³-hybridized carbons (Fsp3) is 0.350. The first-order valence-electron chi connectivity index (χ1n) is 8.10. The second-order valence-electron chi connectivity index (χ2n) is 5.91. The van der Waals surface area contributed by atoms with Gasteiger partial charge in [-0.05, 0) is 48.7 Å². The van der Waals surface area contributed by atoms with Gasteiger partial charge < -0.3 is 19.5 Å². The van der Waals surface area contributed by atoms with Crippen molar-refractivity contribution in [2.24, 2.45) is 0 Å². The molecule has 1 amide bonds. The number of hydrogen-bond donors (Lipinski definition) is 1. The van der Waals surface area contributed by atoms with Crippen molar-refractivity contribution in [2.75, 3.05) is 21.3 Å². The fourth-order valence-corrected chi connectivity index (χ4v) is 2.78. The van der Waals surface area contributed by atoms with Crippen molar-refractivity contribution in [3.63, 3.8) is 0 Å². The number of benzene rings is 2. The molecule has 134 valence electrons. The maximum absolute atomic E-state index is 12.3. The highest BCUT2D eigenvalue weighted by Crippen LogP contribution is 2.27. The zero-order chi connectivity index (χ0) is 18.4. The van der Waals surface area contributed by atoms with Crippen molar-refractivity contribution < 1.29 is 19.0 Å². The Balaban J connectivity index is 2.04. The highest BCUT2D eigenvalue weighted by Gasteiger charge is 2.13. The molecule has 5 nitrogen and oxygen atoms in total. The Bertz CT molecular complexity index is 756. The van der Waals surface area contributed by atoms with E-state index in [1.54, 1.807) is 21.3 Å². The summed E-state index contributed by atoms with van der Waals surface area (Å²) in [6.07, 6.45) is 0.280. The molecule has 0 aliphatic heterocycles. The second kappa shape index (κ2) is 8.42. The molecule has 0 bridgehead atoms. The number of carbonyl (C=O) groups is 1. The number of carbonyl (C=O) groups excluding carboxylic acids is 1. The standard InChI is InChI=1S/C20H25NO4/c1-13-8-14(2)16(18(9-13)24-4)11-20(22)21-12-15-6-7-17(23-3)19(10-15)25-5/h6-10H,11-12H2,1-5H3,(H,21,22). The van der Waals surface area contributed by atoms with Gasteiger partial charge in [-0.3, -0.25) is 4.79 Å². The molecule has 2 aromatic carbocycles. The predicted molar refractivity (Wildman–Crippen MR) is 97.6 cm³/mol. The SMILES string of the molecule is COc1ccc(CNC(=O)Cc2c(C)cc(C)cc2OC)cc1OC. The van der Waals surface area contributed by atoms with Gasteiger partial charge in [-0.1, -0.05) is 12.1 Å². The summed E-state index contributed by atoms with van der Waals surface area (Å²) in [5.41, 5.74) is 4.03. The minimum atomic E-state index is -0.0555. The molecule has 2 rings (SSSR count). The summed E-state index contributed by atoms with van der Waals surface area (Å²) in [4.78, 5) is 12.3. The molecule has 0 aliphatic rings.